The topological polar surface area (TPSA) is 184 Å². The maximum Gasteiger partial charge on any atom is 0.229 e. The number of nitrogens with zero attached hydrogens (tertiary/aromatic N) is 10. The second-order valence-electron chi connectivity index (χ2n) is 19.0. The summed E-state index contributed by atoms with van der Waals surface area (Å²) in [5, 5.41) is 8.50. The number of sulfone groups is 2. The van der Waals surface area contributed by atoms with Gasteiger partial charge in [0.25, 0.3) is 0 Å². The van der Waals surface area contributed by atoms with Crippen molar-refractivity contribution in [1.29, 1.82) is 0 Å². The van der Waals surface area contributed by atoms with Crippen LogP contribution in [0.5, 0.6) is 0 Å². The van der Waals surface area contributed by atoms with Crippen LogP contribution in [0.25, 0.3) is 33.4 Å². The summed E-state index contributed by atoms with van der Waals surface area (Å²) in [5.74, 6) is 1.02. The smallest absolute Gasteiger partial charge is 0.229 e. The van der Waals surface area contributed by atoms with Gasteiger partial charge >= 0.3 is 0 Å². The lowest BCUT2D eigenvalue weighted by atomic mass is 9.90. The number of benzene rings is 4. The Kier molecular flexibility index (Phi) is 13.8. The molecule has 372 valence electrons. The molecule has 2 saturated heterocycles. The molecule has 19 heteroatoms. The molecule has 0 amide bonds. The van der Waals surface area contributed by atoms with Crippen molar-refractivity contribution in [3.05, 3.63) is 145 Å². The van der Waals surface area contributed by atoms with E-state index in [1.165, 1.54) is 12.5 Å². The third-order valence-electron chi connectivity index (χ3n) is 13.8. The number of carbonyl (C=O) groups excluding carboxylic acids is 1. The molecule has 2 aliphatic rings. The highest BCUT2D eigenvalue weighted by Crippen LogP contribution is 2.27. The van der Waals surface area contributed by atoms with Gasteiger partial charge in [0.2, 0.25) is 11.9 Å². The maximum atomic E-state index is 15.6. The molecule has 2 fully saturated rings. The summed E-state index contributed by atoms with van der Waals surface area (Å²) in [4.78, 5) is 44.4. The number of rotatable bonds is 16. The number of hydrogen-bond donors (Lipinski definition) is 2. The Labute approximate surface area is 420 Å². The number of carbonyl (C=O) groups is 1. The van der Waals surface area contributed by atoms with E-state index in [4.69, 9.17) is 9.97 Å². The summed E-state index contributed by atoms with van der Waals surface area (Å²) < 4.78 is 52.2. The normalized spacial score (nSPS) is 16.5. The van der Waals surface area contributed by atoms with Gasteiger partial charge in [0.15, 0.2) is 25.5 Å². The zero-order valence-corrected chi connectivity index (χ0v) is 42.4. The van der Waals surface area contributed by atoms with Crippen molar-refractivity contribution in [3.63, 3.8) is 0 Å². The molecular weight excluding hydrogens is 949 g/mol. The van der Waals surface area contributed by atoms with Gasteiger partial charge in [0, 0.05) is 123 Å². The molecule has 2 atom stereocenters. The van der Waals surface area contributed by atoms with Crippen LogP contribution in [0.15, 0.2) is 144 Å². The summed E-state index contributed by atoms with van der Waals surface area (Å²) in [6.45, 7) is 6.61. The Bertz CT molecular complexity index is 3250. The molecule has 2 aliphatic heterocycles. The zero-order chi connectivity index (χ0) is 50.1. The number of hydrogen-bond acceptors (Lipinski definition) is 15. The van der Waals surface area contributed by atoms with Crippen LogP contribution >= 0.6 is 0 Å². The van der Waals surface area contributed by atoms with Crippen LogP contribution in [0.2, 0.25) is 0 Å². The van der Waals surface area contributed by atoms with E-state index in [0.717, 1.165) is 97.0 Å². The molecule has 4 aromatic carbocycles. The van der Waals surface area contributed by atoms with Crippen LogP contribution < -0.4 is 10.6 Å². The van der Waals surface area contributed by atoms with Crippen molar-refractivity contribution in [2.75, 3.05) is 89.6 Å². The van der Waals surface area contributed by atoms with Gasteiger partial charge in [0.05, 0.1) is 21.9 Å². The molecule has 72 heavy (non-hydrogen) atoms. The Hall–Kier alpha value is -6.87. The first kappa shape index (κ1) is 48.7. The average Bonchev–Trinajstić information content (AvgIpc) is 3.99. The number of piperazine rings is 2. The molecule has 4 aromatic heterocycles. The summed E-state index contributed by atoms with van der Waals surface area (Å²) in [5.41, 5.74) is 6.53. The predicted molar refractivity (Wildman–Crippen MR) is 282 cm³/mol. The van der Waals surface area contributed by atoms with Gasteiger partial charge < -0.3 is 29.6 Å². The standard InChI is InChI=1S/C53H58N12O5S2/c1-60-23-27-62(28-24-60)47(33-37-7-5-9-41(31-37)56-52-54-35-39-19-21-64(50(39)58-52)43-11-15-45(16-12-43)71(3,67)68)49(66)48(63-29-25-61(2)26-30-63)34-38-8-6-10-42(32-38)57-53-55-36-40-20-22-65(51(40)59-53)44-13-17-46(18-14-44)72(4,69)70/h5-22,31-32,35-36,47-48H,23-30,33-34H2,1-4H3,(H,54,56,58)(H,55,57,59). The molecule has 0 saturated carbocycles. The van der Waals surface area contributed by atoms with Gasteiger partial charge in [-0.1, -0.05) is 24.3 Å². The molecule has 0 aliphatic carbocycles. The lowest BCUT2D eigenvalue weighted by Gasteiger charge is -2.42. The Morgan fingerprint density at radius 3 is 1.31 bits per heavy atom. The van der Waals surface area contributed by atoms with E-state index in [-0.39, 0.29) is 27.7 Å². The Morgan fingerprint density at radius 1 is 0.542 bits per heavy atom. The summed E-state index contributed by atoms with van der Waals surface area (Å²) in [7, 11) is -2.41. The second-order valence-corrected chi connectivity index (χ2v) is 23.1. The molecule has 17 nitrogen and oxygen atoms in total. The Balaban J connectivity index is 0.897. The van der Waals surface area contributed by atoms with E-state index >= 15 is 4.79 Å². The van der Waals surface area contributed by atoms with Crippen LogP contribution in [0.4, 0.5) is 23.3 Å². The minimum atomic E-state index is -3.33. The molecule has 8 aromatic rings. The fraction of sp³-hybridized carbons (Fsp3) is 0.302. The molecule has 2 N–H and O–H groups in total. The number of Topliss-reactive ketones (excluding diaryl/α,β-unsaturated/α-hetero) is 1. The van der Waals surface area contributed by atoms with E-state index in [9.17, 15) is 16.8 Å². The first-order valence-electron chi connectivity index (χ1n) is 24.0. The quantitative estimate of drug-likeness (QED) is 0.114. The van der Waals surface area contributed by atoms with Gasteiger partial charge in [-0.3, -0.25) is 14.6 Å². The zero-order valence-electron chi connectivity index (χ0n) is 40.8. The van der Waals surface area contributed by atoms with Crippen molar-refractivity contribution >= 4 is 70.8 Å². The summed E-state index contributed by atoms with van der Waals surface area (Å²) in [6, 6.07) is 32.8. The van der Waals surface area contributed by atoms with Crippen LogP contribution in [-0.2, 0) is 37.3 Å². The molecule has 2 unspecified atom stereocenters. The largest absolute Gasteiger partial charge is 0.324 e. The highest BCUT2D eigenvalue weighted by molar-refractivity contribution is 7.91. The van der Waals surface area contributed by atoms with E-state index < -0.39 is 19.7 Å². The Morgan fingerprint density at radius 2 is 0.931 bits per heavy atom. The van der Waals surface area contributed by atoms with E-state index in [0.29, 0.717) is 36.0 Å². The molecule has 0 bridgehead atoms. The maximum absolute atomic E-state index is 15.6. The van der Waals surface area contributed by atoms with Crippen LogP contribution in [-0.4, -0.2) is 162 Å². The summed E-state index contributed by atoms with van der Waals surface area (Å²) >= 11 is 0. The lowest BCUT2D eigenvalue weighted by molar-refractivity contribution is -0.131. The van der Waals surface area contributed by atoms with Crippen molar-refractivity contribution in [3.8, 4) is 11.4 Å². The fourth-order valence-corrected chi connectivity index (χ4v) is 10.9. The molecular formula is C53H58N12O5S2. The lowest BCUT2D eigenvalue weighted by Crippen LogP contribution is -2.59. The van der Waals surface area contributed by atoms with Crippen LogP contribution in [0, 0.1) is 0 Å². The van der Waals surface area contributed by atoms with E-state index in [1.807, 2.05) is 57.9 Å². The third-order valence-corrected chi connectivity index (χ3v) is 16.0. The van der Waals surface area contributed by atoms with Crippen LogP contribution in [0.1, 0.15) is 11.1 Å². The van der Waals surface area contributed by atoms with Crippen molar-refractivity contribution in [1.82, 2.24) is 48.7 Å². The monoisotopic (exact) mass is 1010 g/mol. The van der Waals surface area contributed by atoms with Crippen molar-refractivity contribution in [2.24, 2.45) is 0 Å². The molecule has 10 rings (SSSR count). The highest BCUT2D eigenvalue weighted by atomic mass is 32.2. The van der Waals surface area contributed by atoms with Gasteiger partial charge in [0.1, 0.15) is 11.3 Å². The van der Waals surface area contributed by atoms with E-state index in [2.05, 4.69) is 78.6 Å². The minimum absolute atomic E-state index is 0.207. The van der Waals surface area contributed by atoms with Crippen molar-refractivity contribution in [2.45, 2.75) is 34.7 Å². The van der Waals surface area contributed by atoms with Gasteiger partial charge in [-0.2, -0.15) is 9.97 Å². The number of nitrogens with one attached hydrogen (secondary N) is 2. The van der Waals surface area contributed by atoms with Crippen LogP contribution in [0.3, 0.4) is 0 Å². The van der Waals surface area contributed by atoms with E-state index in [1.54, 1.807) is 60.9 Å². The molecule has 0 spiro atoms. The van der Waals surface area contributed by atoms with Gasteiger partial charge in [-0.25, -0.2) is 26.8 Å². The number of fused-ring (bicyclic) bond motifs is 2. The predicted octanol–water partition coefficient (Wildman–Crippen LogP) is 6.03. The van der Waals surface area contributed by atoms with Crippen molar-refractivity contribution < 1.29 is 21.6 Å². The third kappa shape index (κ3) is 11.0. The average molecular weight is 1010 g/mol. The highest BCUT2D eigenvalue weighted by Gasteiger charge is 2.37. The number of anilines is 4. The summed E-state index contributed by atoms with van der Waals surface area (Å²) in [6.07, 6.45) is 10.8. The van der Waals surface area contributed by atoms with Gasteiger partial charge in [-0.05, 0) is 123 Å². The molecule has 0 radical (unpaired) electrons. The number of likely N-dealkylation sites (N-methyl/N-ethyl adjacent to an activating group) is 2. The molecule has 6 heterocycles. The van der Waals surface area contributed by atoms with Gasteiger partial charge in [-0.15, -0.1) is 0 Å². The minimum Gasteiger partial charge on any atom is -0.324 e. The first-order chi connectivity index (χ1) is 34.6. The first-order valence-corrected chi connectivity index (χ1v) is 27.8. The second kappa shape index (κ2) is 20.3. The fourth-order valence-electron chi connectivity index (χ4n) is 9.65. The SMILES string of the molecule is CN1CCN(C(Cc2cccc(Nc3ncc4ccn(-c5ccc(S(C)(=O)=O)cc5)c4n3)c2)C(=O)C(Cc2cccc(Nc3ncc4ccn(-c5ccc(S(C)(=O)=O)cc5)c4n3)c2)N2CCN(C)CC2)CC1. The number of ketones is 1. The number of aromatic nitrogens is 6.